The molecule has 2 aromatic heterocycles. The summed E-state index contributed by atoms with van der Waals surface area (Å²) in [4.78, 5) is 23.2. The van der Waals surface area contributed by atoms with E-state index in [0.29, 0.717) is 11.8 Å². The van der Waals surface area contributed by atoms with E-state index >= 15 is 0 Å². The molecule has 10 nitrogen and oxygen atoms in total. The Bertz CT molecular complexity index is 1450. The molecule has 0 amide bonds. The predicted molar refractivity (Wildman–Crippen MR) is 164 cm³/mol. The van der Waals surface area contributed by atoms with Crippen LogP contribution in [0.25, 0.3) is 11.0 Å². The zero-order chi connectivity index (χ0) is 27.4. The van der Waals surface area contributed by atoms with Crippen molar-refractivity contribution in [2.45, 2.75) is 6.54 Å². The highest BCUT2D eigenvalue weighted by atomic mass is 79.9. The summed E-state index contributed by atoms with van der Waals surface area (Å²) in [6.07, 6.45) is 7.16. The lowest BCUT2D eigenvalue weighted by Crippen LogP contribution is -2.43. The molecular formula is C27H32BrN9OS. The summed E-state index contributed by atoms with van der Waals surface area (Å²) in [6, 6.07) is 10.2. The first-order valence-corrected chi connectivity index (χ1v) is 14.6. The molecule has 1 saturated heterocycles. The summed E-state index contributed by atoms with van der Waals surface area (Å²) < 4.78 is 8.43. The van der Waals surface area contributed by atoms with E-state index in [9.17, 15) is 0 Å². The predicted octanol–water partition coefficient (Wildman–Crippen LogP) is 5.14. The maximum atomic E-state index is 5.64. The van der Waals surface area contributed by atoms with Crippen LogP contribution in [0.5, 0.6) is 5.75 Å². The largest absolute Gasteiger partial charge is 0.495 e. The third-order valence-corrected chi connectivity index (χ3v) is 8.02. The summed E-state index contributed by atoms with van der Waals surface area (Å²) in [6.45, 7) is 5.18. The topological polar surface area (TPSA) is 94.6 Å². The molecule has 0 bridgehead atoms. The van der Waals surface area contributed by atoms with Gasteiger partial charge in [0.1, 0.15) is 17.1 Å². The SMILES string of the molecule is COc1ccc(CN2CCN(C)CC2)cc1Nc1ncc(Br)c(Nc2ccc3nccnc3c2N(C)SC)n1. The fourth-order valence-corrected chi connectivity index (χ4v) is 5.17. The first-order valence-electron chi connectivity index (χ1n) is 12.6. The van der Waals surface area contributed by atoms with Crippen molar-refractivity contribution < 1.29 is 4.74 Å². The van der Waals surface area contributed by atoms with Crippen molar-refractivity contribution in [2.24, 2.45) is 0 Å². The van der Waals surface area contributed by atoms with Crippen LogP contribution >= 0.6 is 27.9 Å². The number of methoxy groups -OCH3 is 1. The minimum atomic E-state index is 0.455. The molecule has 4 aromatic rings. The molecule has 1 fully saturated rings. The van der Waals surface area contributed by atoms with Crippen LogP contribution in [-0.4, -0.2) is 83.4 Å². The second-order valence-corrected chi connectivity index (χ2v) is 11.1. The van der Waals surface area contributed by atoms with Crippen LogP contribution in [0, 0.1) is 0 Å². The Kier molecular flexibility index (Phi) is 8.66. The number of halogens is 1. The van der Waals surface area contributed by atoms with E-state index < -0.39 is 0 Å². The number of likely N-dealkylation sites (N-methyl/N-ethyl adjacent to an activating group) is 1. The Morgan fingerprint density at radius 2 is 1.82 bits per heavy atom. The van der Waals surface area contributed by atoms with Crippen molar-refractivity contribution in [3.63, 3.8) is 0 Å². The maximum Gasteiger partial charge on any atom is 0.229 e. The molecule has 12 heteroatoms. The molecule has 0 radical (unpaired) electrons. The van der Waals surface area contributed by atoms with Crippen LogP contribution in [0.15, 0.2) is 53.4 Å². The molecule has 204 valence electrons. The van der Waals surface area contributed by atoms with Gasteiger partial charge in [-0.05, 0) is 52.8 Å². The quantitative estimate of drug-likeness (QED) is 0.247. The van der Waals surface area contributed by atoms with Crippen molar-refractivity contribution in [3.05, 3.63) is 59.0 Å². The first kappa shape index (κ1) is 27.4. The fraction of sp³-hybridized carbons (Fsp3) is 0.333. The van der Waals surface area contributed by atoms with Gasteiger partial charge in [-0.3, -0.25) is 14.9 Å². The third-order valence-electron chi connectivity index (χ3n) is 6.71. The third kappa shape index (κ3) is 6.35. The molecule has 2 aromatic carbocycles. The van der Waals surface area contributed by atoms with E-state index in [1.54, 1.807) is 37.6 Å². The molecule has 5 rings (SSSR count). The Hall–Kier alpha value is -3.19. The number of hydrogen-bond donors (Lipinski definition) is 2. The van der Waals surface area contributed by atoms with Crippen LogP contribution in [0.4, 0.5) is 28.8 Å². The summed E-state index contributed by atoms with van der Waals surface area (Å²) in [5, 5.41) is 6.84. The van der Waals surface area contributed by atoms with Crippen LogP contribution in [0.1, 0.15) is 5.56 Å². The van der Waals surface area contributed by atoms with Gasteiger partial charge in [0.05, 0.1) is 34.2 Å². The van der Waals surface area contributed by atoms with Crippen molar-refractivity contribution in [3.8, 4) is 5.75 Å². The van der Waals surface area contributed by atoms with Gasteiger partial charge in [-0.1, -0.05) is 18.0 Å². The van der Waals surface area contributed by atoms with Gasteiger partial charge in [0.15, 0.2) is 0 Å². The normalized spacial score (nSPS) is 14.4. The second-order valence-electron chi connectivity index (χ2n) is 9.32. The zero-order valence-electron chi connectivity index (χ0n) is 22.5. The van der Waals surface area contributed by atoms with Gasteiger partial charge in [0.25, 0.3) is 0 Å². The highest BCUT2D eigenvalue weighted by molar-refractivity contribution is 9.10. The van der Waals surface area contributed by atoms with Crippen molar-refractivity contribution in [1.82, 2.24) is 29.7 Å². The number of rotatable bonds is 9. The van der Waals surface area contributed by atoms with E-state index in [1.807, 2.05) is 31.5 Å². The smallest absolute Gasteiger partial charge is 0.229 e. The summed E-state index contributed by atoms with van der Waals surface area (Å²) >= 11 is 5.20. The number of fused-ring (bicyclic) bond motifs is 1. The van der Waals surface area contributed by atoms with E-state index in [0.717, 1.165) is 71.0 Å². The number of anilines is 5. The Morgan fingerprint density at radius 3 is 2.59 bits per heavy atom. The maximum absolute atomic E-state index is 5.64. The molecule has 3 heterocycles. The molecule has 0 aliphatic carbocycles. The standard InChI is InChI=1S/C27H32BrN9OS/c1-35-11-13-37(14-12-35)17-18-5-8-23(38-3)22(15-18)33-27-31-16-19(28)26(34-27)32-21-7-6-20-24(30-10-9-29-20)25(21)36(2)39-4/h5-10,15-16H,11-14,17H2,1-4H3,(H2,31,32,33,34). The van der Waals surface area contributed by atoms with Crippen molar-refractivity contribution >= 4 is 67.7 Å². The average molecular weight is 611 g/mol. The summed E-state index contributed by atoms with van der Waals surface area (Å²) in [7, 11) is 5.84. The van der Waals surface area contributed by atoms with Crippen molar-refractivity contribution in [2.75, 3.05) is 68.6 Å². The lowest BCUT2D eigenvalue weighted by Gasteiger charge is -2.32. The van der Waals surface area contributed by atoms with E-state index in [1.165, 1.54) is 5.56 Å². The fourth-order valence-electron chi connectivity index (χ4n) is 4.51. The second kappa shape index (κ2) is 12.3. The van der Waals surface area contributed by atoms with Gasteiger partial charge >= 0.3 is 0 Å². The minimum Gasteiger partial charge on any atom is -0.495 e. The Balaban J connectivity index is 1.41. The van der Waals surface area contributed by atoms with Crippen LogP contribution in [-0.2, 0) is 6.54 Å². The van der Waals surface area contributed by atoms with Gasteiger partial charge in [-0.25, -0.2) is 4.98 Å². The number of nitrogens with one attached hydrogen (secondary N) is 2. The van der Waals surface area contributed by atoms with Gasteiger partial charge in [0.2, 0.25) is 5.95 Å². The number of aromatic nitrogens is 4. The molecule has 2 N–H and O–H groups in total. The van der Waals surface area contributed by atoms with Crippen LogP contribution in [0.3, 0.4) is 0 Å². The van der Waals surface area contributed by atoms with Crippen LogP contribution < -0.4 is 19.7 Å². The summed E-state index contributed by atoms with van der Waals surface area (Å²) in [5.41, 5.74) is 5.45. The molecule has 0 spiro atoms. The zero-order valence-corrected chi connectivity index (χ0v) is 24.9. The highest BCUT2D eigenvalue weighted by Crippen LogP contribution is 2.37. The van der Waals surface area contributed by atoms with Gasteiger partial charge < -0.3 is 24.6 Å². The first-order chi connectivity index (χ1) is 18.9. The number of nitrogens with zero attached hydrogens (tertiary/aromatic N) is 7. The Morgan fingerprint density at radius 1 is 1.03 bits per heavy atom. The number of hydrogen-bond acceptors (Lipinski definition) is 11. The number of ether oxygens (including phenoxy) is 1. The van der Waals surface area contributed by atoms with E-state index in [-0.39, 0.29) is 0 Å². The number of piperazine rings is 1. The van der Waals surface area contributed by atoms with E-state index in [4.69, 9.17) is 9.72 Å². The van der Waals surface area contributed by atoms with Gasteiger partial charge in [0, 0.05) is 64.6 Å². The number of benzene rings is 2. The lowest BCUT2D eigenvalue weighted by molar-refractivity contribution is 0.148. The van der Waals surface area contributed by atoms with Gasteiger partial charge in [-0.15, -0.1) is 0 Å². The van der Waals surface area contributed by atoms with Gasteiger partial charge in [-0.2, -0.15) is 4.98 Å². The molecule has 0 unspecified atom stereocenters. The molecule has 39 heavy (non-hydrogen) atoms. The highest BCUT2D eigenvalue weighted by Gasteiger charge is 2.18. The molecule has 1 aliphatic heterocycles. The minimum absolute atomic E-state index is 0.455. The molecule has 0 saturated carbocycles. The van der Waals surface area contributed by atoms with Crippen molar-refractivity contribution in [1.29, 1.82) is 0 Å². The van der Waals surface area contributed by atoms with Crippen LogP contribution in [0.2, 0.25) is 0 Å². The average Bonchev–Trinajstić information content (AvgIpc) is 2.95. The Labute approximate surface area is 241 Å². The molecular weight excluding hydrogens is 578 g/mol. The molecule has 0 atom stereocenters. The molecule has 1 aliphatic rings. The monoisotopic (exact) mass is 609 g/mol. The summed E-state index contributed by atoms with van der Waals surface area (Å²) in [5.74, 6) is 1.81. The van der Waals surface area contributed by atoms with E-state index in [2.05, 4.69) is 74.8 Å². The lowest BCUT2D eigenvalue weighted by atomic mass is 10.1.